The molecule has 0 bridgehead atoms. The molecule has 1 aliphatic rings. The van der Waals surface area contributed by atoms with Gasteiger partial charge in [-0.2, -0.15) is 0 Å². The zero-order chi connectivity index (χ0) is 14.5. The summed E-state index contributed by atoms with van der Waals surface area (Å²) in [6, 6.07) is 6.97. The highest BCUT2D eigenvalue weighted by atomic mass is 16.5. The van der Waals surface area contributed by atoms with Gasteiger partial charge in [0.25, 0.3) is 0 Å². The lowest BCUT2D eigenvalue weighted by molar-refractivity contribution is -0.150. The molecule has 0 aliphatic carbocycles. The number of hydrogen-bond acceptors (Lipinski definition) is 4. The van der Waals surface area contributed by atoms with Gasteiger partial charge in [-0.15, -0.1) is 0 Å². The standard InChI is InChI=1S/C15H19NO4/c1-19-13-8-4-3-6-11(13)10-14(17)16-9-5-7-12(16)15(18)20-2/h3-4,6,8,12H,5,7,9-10H2,1-2H3. The SMILES string of the molecule is COC(=O)C1CCCN1C(=O)Cc1ccccc1OC. The summed E-state index contributed by atoms with van der Waals surface area (Å²) in [5.41, 5.74) is 0.829. The molecular weight excluding hydrogens is 258 g/mol. The number of nitrogens with zero attached hydrogens (tertiary/aromatic N) is 1. The fourth-order valence-electron chi connectivity index (χ4n) is 2.56. The highest BCUT2D eigenvalue weighted by Crippen LogP contribution is 2.23. The second-order valence-electron chi connectivity index (χ2n) is 4.76. The molecule has 1 saturated heterocycles. The maximum Gasteiger partial charge on any atom is 0.328 e. The summed E-state index contributed by atoms with van der Waals surface area (Å²) in [4.78, 5) is 25.6. The van der Waals surface area contributed by atoms with Crippen molar-refractivity contribution in [1.82, 2.24) is 4.90 Å². The van der Waals surface area contributed by atoms with Crippen molar-refractivity contribution in [2.45, 2.75) is 25.3 Å². The van der Waals surface area contributed by atoms with Crippen molar-refractivity contribution in [2.75, 3.05) is 20.8 Å². The fraction of sp³-hybridized carbons (Fsp3) is 0.467. The average Bonchev–Trinajstić information content (AvgIpc) is 2.96. The van der Waals surface area contributed by atoms with Gasteiger partial charge in [-0.1, -0.05) is 18.2 Å². The van der Waals surface area contributed by atoms with Crippen LogP contribution in [0.1, 0.15) is 18.4 Å². The normalized spacial score (nSPS) is 17.9. The highest BCUT2D eigenvalue weighted by Gasteiger charge is 2.34. The minimum Gasteiger partial charge on any atom is -0.496 e. The molecule has 1 fully saturated rings. The van der Waals surface area contributed by atoms with E-state index in [1.165, 1.54) is 7.11 Å². The van der Waals surface area contributed by atoms with Gasteiger partial charge in [0.1, 0.15) is 11.8 Å². The molecule has 1 aromatic carbocycles. The van der Waals surface area contributed by atoms with E-state index in [0.717, 1.165) is 12.0 Å². The number of esters is 1. The third-order valence-electron chi connectivity index (χ3n) is 3.58. The fourth-order valence-corrected chi connectivity index (χ4v) is 2.56. The van der Waals surface area contributed by atoms with Crippen LogP contribution in [-0.4, -0.2) is 43.6 Å². The first-order chi connectivity index (χ1) is 9.67. The molecule has 0 aromatic heterocycles. The van der Waals surface area contributed by atoms with E-state index >= 15 is 0 Å². The lowest BCUT2D eigenvalue weighted by Gasteiger charge is -2.23. The molecule has 1 aliphatic heterocycles. The lowest BCUT2D eigenvalue weighted by Crippen LogP contribution is -2.41. The number of rotatable bonds is 4. The molecule has 1 amide bonds. The smallest absolute Gasteiger partial charge is 0.328 e. The second kappa shape index (κ2) is 6.41. The number of para-hydroxylation sites is 1. The van der Waals surface area contributed by atoms with Gasteiger partial charge in [-0.05, 0) is 18.9 Å². The Hall–Kier alpha value is -2.04. The number of carbonyl (C=O) groups is 2. The van der Waals surface area contributed by atoms with Crippen molar-refractivity contribution < 1.29 is 19.1 Å². The molecule has 0 radical (unpaired) electrons. The molecule has 5 heteroatoms. The predicted molar refractivity (Wildman–Crippen MR) is 73.4 cm³/mol. The van der Waals surface area contributed by atoms with Crippen LogP contribution < -0.4 is 4.74 Å². The van der Waals surface area contributed by atoms with Crippen LogP contribution in [-0.2, 0) is 20.7 Å². The Morgan fingerprint density at radius 2 is 2.05 bits per heavy atom. The topological polar surface area (TPSA) is 55.8 Å². The second-order valence-corrected chi connectivity index (χ2v) is 4.76. The van der Waals surface area contributed by atoms with Gasteiger partial charge in [-0.25, -0.2) is 4.79 Å². The Bertz CT molecular complexity index is 500. The Morgan fingerprint density at radius 3 is 2.75 bits per heavy atom. The first-order valence-electron chi connectivity index (χ1n) is 6.66. The van der Waals surface area contributed by atoms with Crippen LogP contribution >= 0.6 is 0 Å². The number of amides is 1. The summed E-state index contributed by atoms with van der Waals surface area (Å²) < 4.78 is 9.99. The van der Waals surface area contributed by atoms with Crippen LogP contribution in [0.15, 0.2) is 24.3 Å². The molecule has 0 spiro atoms. The third kappa shape index (κ3) is 2.92. The summed E-state index contributed by atoms with van der Waals surface area (Å²) in [6.07, 6.45) is 1.74. The molecule has 1 atom stereocenters. The lowest BCUT2D eigenvalue weighted by atomic mass is 10.1. The summed E-state index contributed by atoms with van der Waals surface area (Å²) in [7, 11) is 2.93. The van der Waals surface area contributed by atoms with E-state index in [2.05, 4.69) is 0 Å². The molecule has 1 heterocycles. The van der Waals surface area contributed by atoms with Gasteiger partial charge in [0, 0.05) is 12.1 Å². The summed E-state index contributed by atoms with van der Waals surface area (Å²) in [5, 5.41) is 0. The van der Waals surface area contributed by atoms with Gasteiger partial charge >= 0.3 is 5.97 Å². The van der Waals surface area contributed by atoms with Crippen molar-refractivity contribution in [3.05, 3.63) is 29.8 Å². The molecule has 2 rings (SSSR count). The number of benzene rings is 1. The van der Waals surface area contributed by atoms with E-state index in [9.17, 15) is 9.59 Å². The van der Waals surface area contributed by atoms with Crippen molar-refractivity contribution in [1.29, 1.82) is 0 Å². The van der Waals surface area contributed by atoms with Crippen LogP contribution in [0.5, 0.6) is 5.75 Å². The van der Waals surface area contributed by atoms with Crippen LogP contribution in [0, 0.1) is 0 Å². The maximum atomic E-state index is 12.4. The molecule has 0 N–H and O–H groups in total. The first-order valence-corrected chi connectivity index (χ1v) is 6.66. The Kier molecular flexibility index (Phi) is 4.61. The van der Waals surface area contributed by atoms with Crippen molar-refractivity contribution in [3.63, 3.8) is 0 Å². The third-order valence-corrected chi connectivity index (χ3v) is 3.58. The molecule has 20 heavy (non-hydrogen) atoms. The van der Waals surface area contributed by atoms with E-state index < -0.39 is 6.04 Å². The summed E-state index contributed by atoms with van der Waals surface area (Å²) in [5.74, 6) is 0.285. The number of carbonyl (C=O) groups excluding carboxylic acids is 2. The summed E-state index contributed by atoms with van der Waals surface area (Å²) >= 11 is 0. The largest absolute Gasteiger partial charge is 0.496 e. The van der Waals surface area contributed by atoms with Gasteiger partial charge in [0.05, 0.1) is 20.6 Å². The van der Waals surface area contributed by atoms with E-state index in [1.807, 2.05) is 24.3 Å². The van der Waals surface area contributed by atoms with Crippen molar-refractivity contribution in [3.8, 4) is 5.75 Å². The first kappa shape index (κ1) is 14.4. The monoisotopic (exact) mass is 277 g/mol. The maximum absolute atomic E-state index is 12.4. The van der Waals surface area contributed by atoms with Gasteiger partial charge in [-0.3, -0.25) is 4.79 Å². The average molecular weight is 277 g/mol. The highest BCUT2D eigenvalue weighted by molar-refractivity contribution is 5.86. The molecule has 1 unspecified atom stereocenters. The van der Waals surface area contributed by atoms with E-state index in [-0.39, 0.29) is 18.3 Å². The molecule has 1 aromatic rings. The van der Waals surface area contributed by atoms with Gasteiger partial charge < -0.3 is 14.4 Å². The Balaban J connectivity index is 2.09. The van der Waals surface area contributed by atoms with Gasteiger partial charge in [0.15, 0.2) is 0 Å². The van der Waals surface area contributed by atoms with Crippen LogP contribution in [0.3, 0.4) is 0 Å². The molecule has 5 nitrogen and oxygen atoms in total. The minimum atomic E-state index is -0.442. The zero-order valence-corrected chi connectivity index (χ0v) is 11.8. The Labute approximate surface area is 118 Å². The van der Waals surface area contributed by atoms with E-state index in [0.29, 0.717) is 18.7 Å². The minimum absolute atomic E-state index is 0.0672. The molecular formula is C15H19NO4. The predicted octanol–water partition coefficient (Wildman–Crippen LogP) is 1.40. The van der Waals surface area contributed by atoms with Crippen molar-refractivity contribution >= 4 is 11.9 Å². The number of methoxy groups -OCH3 is 2. The molecule has 0 saturated carbocycles. The number of hydrogen-bond donors (Lipinski definition) is 0. The zero-order valence-electron chi connectivity index (χ0n) is 11.8. The molecule has 108 valence electrons. The van der Waals surface area contributed by atoms with Crippen LogP contribution in [0.2, 0.25) is 0 Å². The number of ether oxygens (including phenoxy) is 2. The van der Waals surface area contributed by atoms with E-state index in [1.54, 1.807) is 12.0 Å². The summed E-state index contributed by atoms with van der Waals surface area (Å²) in [6.45, 7) is 0.605. The quantitative estimate of drug-likeness (QED) is 0.781. The Morgan fingerprint density at radius 1 is 1.30 bits per heavy atom. The van der Waals surface area contributed by atoms with Crippen molar-refractivity contribution in [2.24, 2.45) is 0 Å². The van der Waals surface area contributed by atoms with Crippen LogP contribution in [0.25, 0.3) is 0 Å². The number of likely N-dealkylation sites (tertiary alicyclic amines) is 1. The van der Waals surface area contributed by atoms with Gasteiger partial charge in [0.2, 0.25) is 5.91 Å². The van der Waals surface area contributed by atoms with E-state index in [4.69, 9.17) is 9.47 Å². The van der Waals surface area contributed by atoms with Crippen LogP contribution in [0.4, 0.5) is 0 Å².